The van der Waals surface area contributed by atoms with Crippen LogP contribution in [0.1, 0.15) is 0 Å². The monoisotopic (exact) mass is 460 g/mol. The maximum Gasteiger partial charge on any atom is 0.264 e. The van der Waals surface area contributed by atoms with E-state index in [1.165, 1.54) is 24.4 Å². The van der Waals surface area contributed by atoms with Crippen molar-refractivity contribution < 1.29 is 12.8 Å². The number of fused-ring (bicyclic) bond motifs is 1. The van der Waals surface area contributed by atoms with E-state index >= 15 is 0 Å². The van der Waals surface area contributed by atoms with E-state index < -0.39 is 20.7 Å². The van der Waals surface area contributed by atoms with Crippen LogP contribution in [0.4, 0.5) is 10.1 Å². The molecule has 0 saturated carbocycles. The zero-order valence-electron chi connectivity index (χ0n) is 17.3. The Hall–Kier alpha value is -4.18. The van der Waals surface area contributed by atoms with Crippen molar-refractivity contribution in [2.45, 2.75) is 4.90 Å². The number of rotatable bonds is 5. The van der Waals surface area contributed by atoms with Crippen molar-refractivity contribution in [3.8, 4) is 22.4 Å². The Labute approximate surface area is 188 Å². The first-order valence-electron chi connectivity index (χ1n) is 9.88. The van der Waals surface area contributed by atoms with Crippen molar-refractivity contribution >= 4 is 26.7 Å². The van der Waals surface area contributed by atoms with Gasteiger partial charge in [0, 0.05) is 30.6 Å². The van der Waals surface area contributed by atoms with E-state index in [4.69, 9.17) is 0 Å². The van der Waals surface area contributed by atoms with E-state index in [9.17, 15) is 12.8 Å². The van der Waals surface area contributed by atoms with Crippen LogP contribution in [-0.2, 0) is 17.1 Å². The zero-order chi connectivity index (χ0) is 23.0. The van der Waals surface area contributed by atoms with Crippen LogP contribution in [0, 0.1) is 5.82 Å². The fourth-order valence-electron chi connectivity index (χ4n) is 3.41. The van der Waals surface area contributed by atoms with Gasteiger partial charge in [-0.15, -0.1) is 0 Å². The molecular formula is C23H17FN6O2S. The van der Waals surface area contributed by atoms with Crippen LogP contribution in [0.5, 0.6) is 0 Å². The number of halogens is 1. The van der Waals surface area contributed by atoms with Crippen molar-refractivity contribution in [2.75, 3.05) is 4.72 Å². The highest BCUT2D eigenvalue weighted by atomic mass is 32.2. The van der Waals surface area contributed by atoms with Gasteiger partial charge in [-0.2, -0.15) is 5.10 Å². The number of aryl methyl sites for hydroxylation is 1. The number of hydrogen-bond acceptors (Lipinski definition) is 6. The molecule has 0 fully saturated rings. The van der Waals surface area contributed by atoms with Gasteiger partial charge in [-0.25, -0.2) is 17.8 Å². The summed E-state index contributed by atoms with van der Waals surface area (Å²) in [6.07, 6.45) is 8.24. The van der Waals surface area contributed by atoms with Crippen molar-refractivity contribution in [2.24, 2.45) is 7.05 Å². The topological polar surface area (TPSA) is 103 Å². The van der Waals surface area contributed by atoms with E-state index in [0.717, 1.165) is 22.7 Å². The SMILES string of the molecule is Cn1cc(-c2cnc3ccc(-c4cncc(NS(=O)(=O)c5ccccc5F)c4)cc3n2)cn1. The second kappa shape index (κ2) is 8.06. The minimum Gasteiger partial charge on any atom is -0.278 e. The summed E-state index contributed by atoms with van der Waals surface area (Å²) in [7, 11) is -2.28. The Bertz CT molecular complexity index is 1600. The molecule has 3 heterocycles. The fourth-order valence-corrected chi connectivity index (χ4v) is 4.52. The smallest absolute Gasteiger partial charge is 0.264 e. The molecule has 5 rings (SSSR count). The standard InChI is InChI=1S/C23H17FN6O2S/c1-30-14-17(11-27-30)22-13-26-20-7-6-15(9-21(20)28-22)16-8-18(12-25-10-16)29-33(31,32)23-5-3-2-4-19(23)24/h2-14,29H,1H3. The van der Waals surface area contributed by atoms with Crippen molar-refractivity contribution in [3.63, 3.8) is 0 Å². The molecule has 0 radical (unpaired) electrons. The van der Waals surface area contributed by atoms with Crippen LogP contribution < -0.4 is 4.72 Å². The van der Waals surface area contributed by atoms with Gasteiger partial charge in [-0.3, -0.25) is 19.4 Å². The lowest BCUT2D eigenvalue weighted by Crippen LogP contribution is -2.14. The number of anilines is 1. The minimum atomic E-state index is -4.11. The average Bonchev–Trinajstić information content (AvgIpc) is 3.24. The molecule has 8 nitrogen and oxygen atoms in total. The third-order valence-corrected chi connectivity index (χ3v) is 6.41. The molecule has 0 atom stereocenters. The first kappa shape index (κ1) is 20.7. The molecule has 0 bridgehead atoms. The second-order valence-corrected chi connectivity index (χ2v) is 9.01. The minimum absolute atomic E-state index is 0.214. The summed E-state index contributed by atoms with van der Waals surface area (Å²) in [4.78, 5) is 12.9. The maximum atomic E-state index is 14.0. The Morgan fingerprint density at radius 2 is 1.76 bits per heavy atom. The molecule has 0 unspecified atom stereocenters. The number of benzene rings is 2. The van der Waals surface area contributed by atoms with Gasteiger partial charge in [0.15, 0.2) is 0 Å². The largest absolute Gasteiger partial charge is 0.278 e. The van der Waals surface area contributed by atoms with Gasteiger partial charge in [0.25, 0.3) is 10.0 Å². The summed E-state index contributed by atoms with van der Waals surface area (Å²) in [5.74, 6) is -0.827. The quantitative estimate of drug-likeness (QED) is 0.425. The number of nitrogens with zero attached hydrogens (tertiary/aromatic N) is 5. The Balaban J connectivity index is 1.49. The first-order chi connectivity index (χ1) is 15.9. The molecule has 10 heteroatoms. The maximum absolute atomic E-state index is 14.0. The molecular weight excluding hydrogens is 443 g/mol. The molecule has 2 aromatic carbocycles. The third kappa shape index (κ3) is 4.15. The fraction of sp³-hybridized carbons (Fsp3) is 0.0435. The van der Waals surface area contributed by atoms with Crippen LogP contribution in [0.3, 0.4) is 0 Å². The predicted molar refractivity (Wildman–Crippen MR) is 122 cm³/mol. The molecule has 3 aromatic heterocycles. The summed E-state index contributed by atoms with van der Waals surface area (Å²) >= 11 is 0. The van der Waals surface area contributed by atoms with E-state index in [1.807, 2.05) is 31.4 Å². The second-order valence-electron chi connectivity index (χ2n) is 7.36. The highest BCUT2D eigenvalue weighted by Gasteiger charge is 2.19. The Kier molecular flexibility index (Phi) is 5.06. The summed E-state index contributed by atoms with van der Waals surface area (Å²) in [6.45, 7) is 0. The Morgan fingerprint density at radius 1 is 0.909 bits per heavy atom. The molecule has 0 aliphatic heterocycles. The molecule has 33 heavy (non-hydrogen) atoms. The predicted octanol–water partition coefficient (Wildman–Crippen LogP) is 4.03. The summed E-state index contributed by atoms with van der Waals surface area (Å²) in [5.41, 5.74) is 4.59. The van der Waals surface area contributed by atoms with Crippen molar-refractivity contribution in [1.29, 1.82) is 0 Å². The van der Waals surface area contributed by atoms with Crippen LogP contribution in [0.15, 0.2) is 84.4 Å². The number of pyridine rings is 1. The highest BCUT2D eigenvalue weighted by Crippen LogP contribution is 2.27. The highest BCUT2D eigenvalue weighted by molar-refractivity contribution is 7.92. The molecule has 1 N–H and O–H groups in total. The number of aromatic nitrogens is 5. The molecule has 0 spiro atoms. The molecule has 164 valence electrons. The van der Waals surface area contributed by atoms with Gasteiger partial charge in [-0.1, -0.05) is 18.2 Å². The van der Waals surface area contributed by atoms with Gasteiger partial charge in [0.1, 0.15) is 10.7 Å². The third-order valence-electron chi connectivity index (χ3n) is 4.99. The Morgan fingerprint density at radius 3 is 2.55 bits per heavy atom. The van der Waals surface area contributed by atoms with Gasteiger partial charge < -0.3 is 0 Å². The van der Waals surface area contributed by atoms with Gasteiger partial charge >= 0.3 is 0 Å². The van der Waals surface area contributed by atoms with Crippen LogP contribution in [0.25, 0.3) is 33.4 Å². The number of sulfonamides is 1. The van der Waals surface area contributed by atoms with Crippen molar-refractivity contribution in [3.05, 3.63) is 85.3 Å². The first-order valence-corrected chi connectivity index (χ1v) is 11.4. The molecule has 0 aliphatic rings. The normalized spacial score (nSPS) is 11.6. The van der Waals surface area contributed by atoms with Crippen LogP contribution in [0.2, 0.25) is 0 Å². The summed E-state index contributed by atoms with van der Waals surface area (Å²) in [5, 5.41) is 4.17. The molecule has 0 saturated heterocycles. The van der Waals surface area contributed by atoms with E-state index in [1.54, 1.807) is 29.3 Å². The van der Waals surface area contributed by atoms with Crippen molar-refractivity contribution in [1.82, 2.24) is 24.7 Å². The summed E-state index contributed by atoms with van der Waals surface area (Å²) in [6, 6.07) is 12.4. The van der Waals surface area contributed by atoms with Gasteiger partial charge in [0.05, 0.1) is 41.0 Å². The van der Waals surface area contributed by atoms with E-state index in [2.05, 4.69) is 24.8 Å². The summed E-state index contributed by atoms with van der Waals surface area (Å²) < 4.78 is 43.3. The number of hydrogen-bond donors (Lipinski definition) is 1. The lowest BCUT2D eigenvalue weighted by Gasteiger charge is -2.10. The van der Waals surface area contributed by atoms with Gasteiger partial charge in [-0.05, 0) is 35.9 Å². The van der Waals surface area contributed by atoms with Crippen LogP contribution >= 0.6 is 0 Å². The lowest BCUT2D eigenvalue weighted by atomic mass is 10.1. The molecule has 0 aliphatic carbocycles. The molecule has 5 aromatic rings. The average molecular weight is 460 g/mol. The lowest BCUT2D eigenvalue weighted by molar-refractivity contribution is 0.570. The van der Waals surface area contributed by atoms with Gasteiger partial charge in [0.2, 0.25) is 0 Å². The number of nitrogens with one attached hydrogen (secondary N) is 1. The molecule has 0 amide bonds. The van der Waals surface area contributed by atoms with Crippen LogP contribution in [-0.4, -0.2) is 33.2 Å². The van der Waals surface area contributed by atoms with E-state index in [-0.39, 0.29) is 5.69 Å². The van der Waals surface area contributed by atoms with E-state index in [0.29, 0.717) is 16.8 Å². The zero-order valence-corrected chi connectivity index (χ0v) is 18.2.